The zero-order valence-electron chi connectivity index (χ0n) is 12.7. The highest BCUT2D eigenvalue weighted by Crippen LogP contribution is 2.21. The molecule has 0 aliphatic carbocycles. The molecule has 1 aromatic heterocycles. The van der Waals surface area contributed by atoms with Gasteiger partial charge in [-0.25, -0.2) is 0 Å². The van der Waals surface area contributed by atoms with E-state index in [1.54, 1.807) is 6.26 Å². The number of furan rings is 1. The van der Waals surface area contributed by atoms with Gasteiger partial charge in [0.25, 0.3) is 0 Å². The summed E-state index contributed by atoms with van der Waals surface area (Å²) in [4.78, 5) is 2.40. The number of hydrogen-bond acceptors (Lipinski definition) is 3. The Balaban J connectivity index is 1.92. The van der Waals surface area contributed by atoms with Crippen LogP contribution in [0, 0.1) is 0 Å². The van der Waals surface area contributed by atoms with E-state index in [2.05, 4.69) is 57.3 Å². The number of halogens is 1. The van der Waals surface area contributed by atoms with Crippen LogP contribution in [-0.4, -0.2) is 25.0 Å². The number of nitrogens with one attached hydrogen (secondary N) is 1. The predicted octanol–water partition coefficient (Wildman–Crippen LogP) is 4.21. The van der Waals surface area contributed by atoms with Crippen LogP contribution in [-0.2, 0) is 6.54 Å². The fraction of sp³-hybridized carbons (Fsp3) is 0.412. The lowest BCUT2D eigenvalue weighted by molar-refractivity contribution is 0.242. The number of rotatable bonds is 8. The van der Waals surface area contributed by atoms with Crippen molar-refractivity contribution in [3.8, 4) is 0 Å². The standard InChI is InChI=1S/C17H23BrN2O/c1-3-20(13-16-8-5-11-21-16)10-9-17(19-2)14-6-4-7-15(18)12-14/h4-8,11-12,17,19H,3,9-10,13H2,1-2H3. The molecule has 21 heavy (non-hydrogen) atoms. The lowest BCUT2D eigenvalue weighted by Gasteiger charge is -2.23. The maximum atomic E-state index is 5.44. The second-order valence-electron chi connectivity index (χ2n) is 5.13. The molecule has 0 radical (unpaired) electrons. The summed E-state index contributed by atoms with van der Waals surface area (Å²) in [5.74, 6) is 1.03. The Labute approximate surface area is 135 Å². The first kappa shape index (κ1) is 16.3. The molecular weight excluding hydrogens is 328 g/mol. The van der Waals surface area contributed by atoms with Crippen LogP contribution in [0.4, 0.5) is 0 Å². The molecular formula is C17H23BrN2O. The van der Waals surface area contributed by atoms with E-state index in [-0.39, 0.29) is 0 Å². The molecule has 0 aliphatic heterocycles. The molecule has 2 rings (SSSR count). The van der Waals surface area contributed by atoms with Crippen molar-refractivity contribution < 1.29 is 4.42 Å². The van der Waals surface area contributed by atoms with Crippen LogP contribution >= 0.6 is 15.9 Å². The zero-order valence-corrected chi connectivity index (χ0v) is 14.3. The number of benzene rings is 1. The number of nitrogens with zero attached hydrogens (tertiary/aromatic N) is 1. The fourth-order valence-corrected chi connectivity index (χ4v) is 2.90. The Morgan fingerprint density at radius 1 is 1.29 bits per heavy atom. The number of hydrogen-bond donors (Lipinski definition) is 1. The molecule has 4 heteroatoms. The van der Waals surface area contributed by atoms with Gasteiger partial charge in [0.05, 0.1) is 12.8 Å². The molecule has 3 nitrogen and oxygen atoms in total. The highest BCUT2D eigenvalue weighted by molar-refractivity contribution is 9.10. The average Bonchev–Trinajstić information content (AvgIpc) is 2.99. The van der Waals surface area contributed by atoms with Crippen LogP contribution in [0.3, 0.4) is 0 Å². The van der Waals surface area contributed by atoms with E-state index in [0.29, 0.717) is 6.04 Å². The molecule has 1 aromatic carbocycles. The highest BCUT2D eigenvalue weighted by Gasteiger charge is 2.12. The van der Waals surface area contributed by atoms with Gasteiger partial charge in [-0.1, -0.05) is 35.0 Å². The lowest BCUT2D eigenvalue weighted by atomic mass is 10.0. The zero-order chi connectivity index (χ0) is 15.1. The van der Waals surface area contributed by atoms with Crippen molar-refractivity contribution >= 4 is 15.9 Å². The van der Waals surface area contributed by atoms with Crippen molar-refractivity contribution in [2.24, 2.45) is 0 Å². The molecule has 0 bridgehead atoms. The van der Waals surface area contributed by atoms with E-state index in [0.717, 1.165) is 36.3 Å². The van der Waals surface area contributed by atoms with Crippen LogP contribution < -0.4 is 5.32 Å². The van der Waals surface area contributed by atoms with E-state index in [4.69, 9.17) is 4.42 Å². The minimum atomic E-state index is 0.369. The van der Waals surface area contributed by atoms with Crippen LogP contribution in [0.15, 0.2) is 51.6 Å². The summed E-state index contributed by atoms with van der Waals surface area (Å²) < 4.78 is 6.56. The third-order valence-electron chi connectivity index (χ3n) is 3.74. The minimum Gasteiger partial charge on any atom is -0.468 e. The first-order valence-electron chi connectivity index (χ1n) is 7.40. The molecule has 0 saturated heterocycles. The average molecular weight is 351 g/mol. The van der Waals surface area contributed by atoms with Gasteiger partial charge in [-0.15, -0.1) is 0 Å². The van der Waals surface area contributed by atoms with Crippen molar-refractivity contribution in [2.75, 3.05) is 20.1 Å². The second kappa shape index (κ2) is 8.37. The van der Waals surface area contributed by atoms with Gasteiger partial charge in [-0.05, 0) is 49.8 Å². The van der Waals surface area contributed by atoms with Gasteiger partial charge >= 0.3 is 0 Å². The summed E-state index contributed by atoms with van der Waals surface area (Å²) >= 11 is 3.54. The van der Waals surface area contributed by atoms with Crippen LogP contribution in [0.1, 0.15) is 30.7 Å². The summed E-state index contributed by atoms with van der Waals surface area (Å²) in [6.45, 7) is 5.12. The summed E-state index contributed by atoms with van der Waals surface area (Å²) in [7, 11) is 2.02. The first-order chi connectivity index (χ1) is 10.2. The Kier molecular flexibility index (Phi) is 6.49. The molecule has 114 valence electrons. The topological polar surface area (TPSA) is 28.4 Å². The Hall–Kier alpha value is -1.10. The van der Waals surface area contributed by atoms with Gasteiger partial charge in [0.1, 0.15) is 5.76 Å². The van der Waals surface area contributed by atoms with Gasteiger partial charge in [-0.3, -0.25) is 4.90 Å². The predicted molar refractivity (Wildman–Crippen MR) is 90.2 cm³/mol. The third-order valence-corrected chi connectivity index (χ3v) is 4.23. The van der Waals surface area contributed by atoms with Crippen molar-refractivity contribution in [1.29, 1.82) is 0 Å². The molecule has 1 heterocycles. The Morgan fingerprint density at radius 3 is 2.76 bits per heavy atom. The van der Waals surface area contributed by atoms with Crippen molar-refractivity contribution in [3.63, 3.8) is 0 Å². The minimum absolute atomic E-state index is 0.369. The van der Waals surface area contributed by atoms with Gasteiger partial charge in [0.15, 0.2) is 0 Å². The molecule has 2 aromatic rings. The monoisotopic (exact) mass is 350 g/mol. The van der Waals surface area contributed by atoms with Gasteiger partial charge in [0, 0.05) is 17.1 Å². The van der Waals surface area contributed by atoms with E-state index < -0.39 is 0 Å². The van der Waals surface area contributed by atoms with E-state index >= 15 is 0 Å². The Morgan fingerprint density at radius 2 is 2.14 bits per heavy atom. The lowest BCUT2D eigenvalue weighted by Crippen LogP contribution is -2.28. The van der Waals surface area contributed by atoms with Gasteiger partial charge in [0.2, 0.25) is 0 Å². The summed E-state index contributed by atoms with van der Waals surface area (Å²) in [5.41, 5.74) is 1.32. The molecule has 1 N–H and O–H groups in total. The maximum absolute atomic E-state index is 5.44. The molecule has 0 spiro atoms. The second-order valence-corrected chi connectivity index (χ2v) is 6.05. The van der Waals surface area contributed by atoms with Crippen molar-refractivity contribution in [3.05, 3.63) is 58.5 Å². The van der Waals surface area contributed by atoms with Crippen LogP contribution in [0.25, 0.3) is 0 Å². The molecule has 1 unspecified atom stereocenters. The van der Waals surface area contributed by atoms with Crippen LogP contribution in [0.5, 0.6) is 0 Å². The normalized spacial score (nSPS) is 12.8. The first-order valence-corrected chi connectivity index (χ1v) is 8.19. The van der Waals surface area contributed by atoms with Crippen molar-refractivity contribution in [1.82, 2.24) is 10.2 Å². The summed E-state index contributed by atoms with van der Waals surface area (Å²) in [5, 5.41) is 3.41. The largest absolute Gasteiger partial charge is 0.468 e. The quantitative estimate of drug-likeness (QED) is 0.772. The van der Waals surface area contributed by atoms with E-state index in [9.17, 15) is 0 Å². The van der Waals surface area contributed by atoms with Crippen LogP contribution in [0.2, 0.25) is 0 Å². The molecule has 0 amide bonds. The molecule has 0 saturated carbocycles. The summed E-state index contributed by atoms with van der Waals surface area (Å²) in [6.07, 6.45) is 2.81. The summed E-state index contributed by atoms with van der Waals surface area (Å²) in [6, 6.07) is 12.9. The molecule has 0 aliphatic rings. The molecule has 1 atom stereocenters. The Bertz CT molecular complexity index is 527. The van der Waals surface area contributed by atoms with Gasteiger partial charge < -0.3 is 9.73 Å². The fourth-order valence-electron chi connectivity index (χ4n) is 2.48. The maximum Gasteiger partial charge on any atom is 0.117 e. The van der Waals surface area contributed by atoms with E-state index in [1.807, 2.05) is 19.2 Å². The molecule has 0 fully saturated rings. The highest BCUT2D eigenvalue weighted by atomic mass is 79.9. The van der Waals surface area contributed by atoms with E-state index in [1.165, 1.54) is 5.56 Å². The smallest absolute Gasteiger partial charge is 0.117 e. The van der Waals surface area contributed by atoms with Gasteiger partial charge in [-0.2, -0.15) is 0 Å². The third kappa shape index (κ3) is 4.99. The SMILES string of the molecule is CCN(CCC(NC)c1cccc(Br)c1)Cc1ccco1. The van der Waals surface area contributed by atoms with Crippen molar-refractivity contribution in [2.45, 2.75) is 25.9 Å².